The van der Waals surface area contributed by atoms with Crippen molar-refractivity contribution in [2.45, 2.75) is 6.92 Å². The van der Waals surface area contributed by atoms with Gasteiger partial charge in [0.05, 0.1) is 10.3 Å². The van der Waals surface area contributed by atoms with E-state index in [2.05, 4.69) is 22.3 Å². The predicted octanol–water partition coefficient (Wildman–Crippen LogP) is 4.36. The number of nitrogens with one attached hydrogen (secondary N) is 1. The Hall–Kier alpha value is -3.64. The van der Waals surface area contributed by atoms with Crippen molar-refractivity contribution in [2.24, 2.45) is 0 Å². The van der Waals surface area contributed by atoms with E-state index in [4.69, 9.17) is 14.7 Å². The lowest BCUT2D eigenvalue weighted by Gasteiger charge is -2.32. The quantitative estimate of drug-likeness (QED) is 0.318. The molecular weight excluding hydrogens is 532 g/mol. The minimum absolute atomic E-state index is 0.378. The van der Waals surface area contributed by atoms with Gasteiger partial charge in [0.25, 0.3) is 11.8 Å². The molecule has 3 aromatic heterocycles. The number of anilines is 1. The van der Waals surface area contributed by atoms with E-state index in [1.54, 1.807) is 6.92 Å². The van der Waals surface area contributed by atoms with Crippen molar-refractivity contribution in [3.8, 4) is 27.6 Å². The van der Waals surface area contributed by atoms with Crippen LogP contribution in [0.3, 0.4) is 0 Å². The van der Waals surface area contributed by atoms with Gasteiger partial charge < -0.3 is 9.64 Å². The zero-order valence-corrected chi connectivity index (χ0v) is 23.3. The van der Waals surface area contributed by atoms with E-state index in [0.29, 0.717) is 23.8 Å². The standard InChI is InChI=1S/C28H28N6O3S2/c1-18-15-23(35)34(28(18)36)31-26-24-21(17-39-27(24)30-25(29-26)22-7-4-14-38-22)19-5-3-6-20(16-19)37-13-12-33-10-8-32(2)9-11-33/h3-7,14-17H,8-13H2,1-2H3,(H,29,30,31). The van der Waals surface area contributed by atoms with Gasteiger partial charge in [-0.15, -0.1) is 22.7 Å². The van der Waals surface area contributed by atoms with Gasteiger partial charge in [-0.2, -0.15) is 5.01 Å². The van der Waals surface area contributed by atoms with Crippen LogP contribution in [0.25, 0.3) is 32.0 Å². The van der Waals surface area contributed by atoms with E-state index in [1.165, 1.54) is 28.7 Å². The van der Waals surface area contributed by atoms with Crippen LogP contribution in [-0.2, 0) is 9.59 Å². The molecule has 6 rings (SSSR count). The predicted molar refractivity (Wildman–Crippen MR) is 155 cm³/mol. The molecule has 0 unspecified atom stereocenters. The number of carbonyl (C=O) groups excluding carboxylic acids is 2. The fourth-order valence-electron chi connectivity index (χ4n) is 4.67. The Labute approximate surface area is 234 Å². The highest BCUT2D eigenvalue weighted by Crippen LogP contribution is 2.40. The summed E-state index contributed by atoms with van der Waals surface area (Å²) < 4.78 is 6.13. The van der Waals surface area contributed by atoms with Gasteiger partial charge in [0, 0.05) is 55.3 Å². The minimum atomic E-state index is -0.422. The molecule has 2 aliphatic rings. The minimum Gasteiger partial charge on any atom is -0.492 e. The summed E-state index contributed by atoms with van der Waals surface area (Å²) in [6.45, 7) is 7.40. The number of benzene rings is 1. The Kier molecular flexibility index (Phi) is 7.13. The smallest absolute Gasteiger partial charge is 0.275 e. The van der Waals surface area contributed by atoms with E-state index in [-0.39, 0.29) is 0 Å². The van der Waals surface area contributed by atoms with Crippen LogP contribution >= 0.6 is 22.7 Å². The summed E-state index contributed by atoms with van der Waals surface area (Å²) in [6.07, 6.45) is 1.32. The summed E-state index contributed by atoms with van der Waals surface area (Å²) in [5.41, 5.74) is 5.23. The summed E-state index contributed by atoms with van der Waals surface area (Å²) in [6, 6.07) is 11.9. The monoisotopic (exact) mass is 560 g/mol. The van der Waals surface area contributed by atoms with Gasteiger partial charge in [-0.25, -0.2) is 9.97 Å². The van der Waals surface area contributed by atoms with Gasteiger partial charge in [0.2, 0.25) is 0 Å². The number of likely N-dealkylation sites (N-methyl/N-ethyl adjacent to an activating group) is 1. The van der Waals surface area contributed by atoms with Crippen molar-refractivity contribution in [1.29, 1.82) is 0 Å². The molecule has 39 heavy (non-hydrogen) atoms. The van der Waals surface area contributed by atoms with Gasteiger partial charge >= 0.3 is 0 Å². The molecule has 0 spiro atoms. The van der Waals surface area contributed by atoms with Crippen LogP contribution in [0.2, 0.25) is 0 Å². The average Bonchev–Trinajstić information content (AvgIpc) is 3.67. The second-order valence-corrected chi connectivity index (χ2v) is 11.4. The Morgan fingerprint density at radius 1 is 1.05 bits per heavy atom. The molecule has 2 amide bonds. The van der Waals surface area contributed by atoms with E-state index in [9.17, 15) is 9.59 Å². The molecule has 9 nitrogen and oxygen atoms in total. The van der Waals surface area contributed by atoms with Crippen LogP contribution < -0.4 is 10.2 Å². The maximum atomic E-state index is 12.7. The fourth-order valence-corrected chi connectivity index (χ4v) is 6.27. The number of hydrazine groups is 1. The van der Waals surface area contributed by atoms with Crippen molar-refractivity contribution in [1.82, 2.24) is 24.8 Å². The van der Waals surface area contributed by atoms with Crippen LogP contribution in [-0.4, -0.2) is 83.0 Å². The molecule has 1 aromatic carbocycles. The first-order valence-electron chi connectivity index (χ1n) is 12.8. The maximum absolute atomic E-state index is 12.7. The summed E-state index contributed by atoms with van der Waals surface area (Å²) in [5.74, 6) is 0.923. The zero-order chi connectivity index (χ0) is 26.9. The zero-order valence-electron chi connectivity index (χ0n) is 21.7. The second kappa shape index (κ2) is 10.9. The first kappa shape index (κ1) is 25.6. The number of thiophene rings is 2. The van der Waals surface area contributed by atoms with Crippen LogP contribution in [0, 0.1) is 0 Å². The molecule has 0 bridgehead atoms. The molecular formula is C28H28N6O3S2. The number of imide groups is 1. The molecule has 1 N–H and O–H groups in total. The number of ether oxygens (including phenoxy) is 1. The molecule has 0 saturated carbocycles. The third-order valence-corrected chi connectivity index (χ3v) is 8.65. The lowest BCUT2D eigenvalue weighted by molar-refractivity contribution is -0.135. The number of fused-ring (bicyclic) bond motifs is 1. The van der Waals surface area contributed by atoms with E-state index >= 15 is 0 Å². The van der Waals surface area contributed by atoms with Gasteiger partial charge in [-0.3, -0.25) is 19.9 Å². The molecule has 2 aliphatic heterocycles. The first-order valence-corrected chi connectivity index (χ1v) is 14.5. The molecule has 1 saturated heterocycles. The lowest BCUT2D eigenvalue weighted by atomic mass is 10.1. The Morgan fingerprint density at radius 3 is 2.64 bits per heavy atom. The number of amides is 2. The highest BCUT2D eigenvalue weighted by molar-refractivity contribution is 7.17. The normalized spacial score (nSPS) is 16.8. The van der Waals surface area contributed by atoms with Crippen molar-refractivity contribution in [3.05, 3.63) is 58.8 Å². The number of aromatic nitrogens is 2. The van der Waals surface area contributed by atoms with E-state index in [0.717, 1.165) is 69.7 Å². The van der Waals surface area contributed by atoms with Gasteiger partial charge in [-0.05, 0) is 43.1 Å². The summed E-state index contributed by atoms with van der Waals surface area (Å²) >= 11 is 3.03. The fraction of sp³-hybridized carbons (Fsp3) is 0.286. The van der Waals surface area contributed by atoms with Gasteiger partial charge in [0.1, 0.15) is 17.2 Å². The number of nitrogens with zero attached hydrogens (tertiary/aromatic N) is 5. The van der Waals surface area contributed by atoms with E-state index < -0.39 is 11.8 Å². The topological polar surface area (TPSA) is 90.9 Å². The Morgan fingerprint density at radius 2 is 1.90 bits per heavy atom. The van der Waals surface area contributed by atoms with Crippen molar-refractivity contribution in [3.63, 3.8) is 0 Å². The Balaban J connectivity index is 1.30. The Bertz CT molecular complexity index is 1560. The number of carbonyl (C=O) groups is 2. The molecule has 1 fully saturated rings. The average molecular weight is 561 g/mol. The number of hydrogen-bond donors (Lipinski definition) is 1. The highest BCUT2D eigenvalue weighted by atomic mass is 32.1. The summed E-state index contributed by atoms with van der Waals surface area (Å²) in [4.78, 5) is 41.2. The van der Waals surface area contributed by atoms with Crippen LogP contribution in [0.5, 0.6) is 5.75 Å². The summed E-state index contributed by atoms with van der Waals surface area (Å²) in [7, 11) is 2.15. The van der Waals surface area contributed by atoms with Crippen molar-refractivity contribution in [2.75, 3.05) is 51.8 Å². The van der Waals surface area contributed by atoms with Gasteiger partial charge in [0.15, 0.2) is 11.6 Å². The number of rotatable bonds is 8. The lowest BCUT2D eigenvalue weighted by Crippen LogP contribution is -2.45. The van der Waals surface area contributed by atoms with Crippen LogP contribution in [0.1, 0.15) is 6.92 Å². The van der Waals surface area contributed by atoms with Gasteiger partial charge in [-0.1, -0.05) is 18.2 Å². The summed E-state index contributed by atoms with van der Waals surface area (Å²) in [5, 5.41) is 5.75. The highest BCUT2D eigenvalue weighted by Gasteiger charge is 2.30. The van der Waals surface area contributed by atoms with Crippen molar-refractivity contribution < 1.29 is 14.3 Å². The molecule has 11 heteroatoms. The third kappa shape index (κ3) is 5.30. The largest absolute Gasteiger partial charge is 0.492 e. The van der Waals surface area contributed by atoms with Crippen molar-refractivity contribution >= 4 is 50.5 Å². The molecule has 0 aliphatic carbocycles. The molecule has 0 atom stereocenters. The number of hydrogen-bond acceptors (Lipinski definition) is 10. The third-order valence-electron chi connectivity index (χ3n) is 6.91. The maximum Gasteiger partial charge on any atom is 0.275 e. The van der Waals surface area contributed by atoms with Crippen LogP contribution in [0.4, 0.5) is 5.82 Å². The molecule has 0 radical (unpaired) electrons. The SMILES string of the molecule is CC1=CC(=O)N(Nc2nc(-c3cccs3)nc3scc(-c4cccc(OCCN5CCN(C)CC5)c4)c23)C1=O. The first-order chi connectivity index (χ1) is 19.0. The second-order valence-electron chi connectivity index (χ2n) is 9.64. The molecule has 200 valence electrons. The van der Waals surface area contributed by atoms with E-state index in [1.807, 2.05) is 47.2 Å². The van der Waals surface area contributed by atoms with Crippen LogP contribution in [0.15, 0.2) is 58.8 Å². The number of piperazine rings is 1. The molecule has 5 heterocycles. The molecule has 4 aromatic rings.